The first-order valence-electron chi connectivity index (χ1n) is 5.42. The fourth-order valence-corrected chi connectivity index (χ4v) is 2.41. The van der Waals surface area contributed by atoms with Gasteiger partial charge in [-0.3, -0.25) is 14.5 Å². The zero-order chi connectivity index (χ0) is 12.7. The third-order valence-corrected chi connectivity index (χ3v) is 3.35. The van der Waals surface area contributed by atoms with Crippen LogP contribution in [0.1, 0.15) is 10.4 Å². The monoisotopic (exact) mass is 301 g/mol. The number of benzene rings is 2. The number of ketones is 1. The van der Waals surface area contributed by atoms with Crippen molar-refractivity contribution in [2.45, 2.75) is 0 Å². The summed E-state index contributed by atoms with van der Waals surface area (Å²) in [5.41, 5.74) is 1.79. The molecule has 0 bridgehead atoms. The Balaban J connectivity index is 2.20. The number of rotatable bonds is 1. The molecule has 1 heterocycles. The first-order valence-corrected chi connectivity index (χ1v) is 6.21. The maximum absolute atomic E-state index is 12.0. The molecule has 0 unspecified atom stereocenters. The van der Waals surface area contributed by atoms with Crippen molar-refractivity contribution in [3.63, 3.8) is 0 Å². The molecule has 1 aliphatic heterocycles. The minimum absolute atomic E-state index is 0.443. The van der Waals surface area contributed by atoms with Crippen LogP contribution in [0.3, 0.4) is 0 Å². The predicted octanol–water partition coefficient (Wildman–Crippen LogP) is 3.31. The van der Waals surface area contributed by atoms with Crippen LogP contribution in [-0.2, 0) is 4.79 Å². The van der Waals surface area contributed by atoms with Crippen LogP contribution in [0.5, 0.6) is 0 Å². The minimum Gasteiger partial charge on any atom is -0.283 e. The van der Waals surface area contributed by atoms with E-state index in [4.69, 9.17) is 0 Å². The second-order valence-electron chi connectivity index (χ2n) is 3.97. The minimum atomic E-state index is -0.505. The summed E-state index contributed by atoms with van der Waals surface area (Å²) in [5.74, 6) is -0.968. The van der Waals surface area contributed by atoms with E-state index < -0.39 is 11.7 Å². The van der Waals surface area contributed by atoms with Gasteiger partial charge in [-0.1, -0.05) is 34.1 Å². The molecule has 0 aromatic heterocycles. The van der Waals surface area contributed by atoms with Gasteiger partial charge in [0, 0.05) is 10.2 Å². The molecule has 3 nitrogen and oxygen atoms in total. The number of para-hydroxylation sites is 1. The molecule has 2 aromatic rings. The third-order valence-electron chi connectivity index (χ3n) is 2.86. The normalized spacial score (nSPS) is 13.9. The lowest BCUT2D eigenvalue weighted by Gasteiger charge is -2.16. The van der Waals surface area contributed by atoms with E-state index >= 15 is 0 Å². The Bertz CT molecular complexity index is 652. The molecule has 88 valence electrons. The number of halogens is 1. The van der Waals surface area contributed by atoms with E-state index in [1.807, 2.05) is 36.4 Å². The highest BCUT2D eigenvalue weighted by molar-refractivity contribution is 9.10. The van der Waals surface area contributed by atoms with E-state index in [9.17, 15) is 9.59 Å². The van der Waals surface area contributed by atoms with Crippen molar-refractivity contribution in [2.75, 3.05) is 4.90 Å². The van der Waals surface area contributed by atoms with Gasteiger partial charge in [-0.2, -0.15) is 0 Å². The SMILES string of the molecule is O=C1C(=O)N(c2ccccc2)c2ccc(Br)cc21. The summed E-state index contributed by atoms with van der Waals surface area (Å²) >= 11 is 3.31. The standard InChI is InChI=1S/C14H8BrNO2/c15-9-6-7-12-11(8-9)13(17)14(18)16(12)10-4-2-1-3-5-10/h1-8H. The van der Waals surface area contributed by atoms with Crippen molar-refractivity contribution in [2.24, 2.45) is 0 Å². The number of anilines is 2. The number of Topliss-reactive ketones (excluding diaryl/α,β-unsaturated/α-hetero) is 1. The third kappa shape index (κ3) is 1.57. The predicted molar refractivity (Wildman–Crippen MR) is 72.1 cm³/mol. The Hall–Kier alpha value is -1.94. The molecule has 1 aliphatic rings. The molecule has 0 spiro atoms. The lowest BCUT2D eigenvalue weighted by Crippen LogP contribution is -2.24. The van der Waals surface area contributed by atoms with Gasteiger partial charge in [0.05, 0.1) is 11.3 Å². The second-order valence-corrected chi connectivity index (χ2v) is 4.88. The molecule has 0 radical (unpaired) electrons. The fraction of sp³-hybridized carbons (Fsp3) is 0. The maximum Gasteiger partial charge on any atom is 0.304 e. The summed E-state index contributed by atoms with van der Waals surface area (Å²) in [6.07, 6.45) is 0. The maximum atomic E-state index is 12.0. The Labute approximate surface area is 112 Å². The zero-order valence-corrected chi connectivity index (χ0v) is 10.8. The first-order chi connectivity index (χ1) is 8.68. The average molecular weight is 302 g/mol. The van der Waals surface area contributed by atoms with E-state index in [1.54, 1.807) is 12.1 Å². The lowest BCUT2D eigenvalue weighted by atomic mass is 10.1. The summed E-state index contributed by atoms with van der Waals surface area (Å²) < 4.78 is 0.789. The molecule has 4 heteroatoms. The van der Waals surface area contributed by atoms with Crippen LogP contribution in [0.4, 0.5) is 11.4 Å². The van der Waals surface area contributed by atoms with Gasteiger partial charge in [-0.25, -0.2) is 0 Å². The van der Waals surface area contributed by atoms with Gasteiger partial charge < -0.3 is 0 Å². The van der Waals surface area contributed by atoms with Crippen LogP contribution in [0, 0.1) is 0 Å². The van der Waals surface area contributed by atoms with Crippen molar-refractivity contribution in [1.82, 2.24) is 0 Å². The number of carbonyl (C=O) groups is 2. The summed E-state index contributed by atoms with van der Waals surface area (Å²) in [4.78, 5) is 25.4. The molecule has 0 saturated carbocycles. The lowest BCUT2D eigenvalue weighted by molar-refractivity contribution is -0.113. The van der Waals surface area contributed by atoms with Crippen LogP contribution in [0.15, 0.2) is 53.0 Å². The van der Waals surface area contributed by atoms with Crippen LogP contribution < -0.4 is 4.90 Å². The Morgan fingerprint density at radius 1 is 0.944 bits per heavy atom. The quantitative estimate of drug-likeness (QED) is 0.758. The molecule has 0 fully saturated rings. The molecule has 18 heavy (non-hydrogen) atoms. The summed E-state index contributed by atoms with van der Waals surface area (Å²) in [5, 5.41) is 0. The van der Waals surface area contributed by atoms with E-state index in [0.29, 0.717) is 16.9 Å². The van der Waals surface area contributed by atoms with Gasteiger partial charge >= 0.3 is 5.91 Å². The number of fused-ring (bicyclic) bond motifs is 1. The number of amides is 1. The van der Waals surface area contributed by atoms with E-state index in [1.165, 1.54) is 4.90 Å². The van der Waals surface area contributed by atoms with Gasteiger partial charge in [0.2, 0.25) is 0 Å². The number of nitrogens with zero attached hydrogens (tertiary/aromatic N) is 1. The first kappa shape index (κ1) is 11.2. The highest BCUT2D eigenvalue weighted by Gasteiger charge is 2.36. The van der Waals surface area contributed by atoms with Gasteiger partial charge in [0.25, 0.3) is 5.78 Å². The summed E-state index contributed by atoms with van der Waals surface area (Å²) in [6, 6.07) is 14.4. The van der Waals surface area contributed by atoms with Crippen LogP contribution in [-0.4, -0.2) is 11.7 Å². The number of hydrogen-bond acceptors (Lipinski definition) is 2. The van der Waals surface area contributed by atoms with Crippen molar-refractivity contribution in [3.8, 4) is 0 Å². The van der Waals surface area contributed by atoms with Crippen molar-refractivity contribution in [1.29, 1.82) is 0 Å². The Kier molecular flexibility index (Phi) is 2.52. The van der Waals surface area contributed by atoms with Crippen LogP contribution in [0.2, 0.25) is 0 Å². The molecule has 2 aromatic carbocycles. The van der Waals surface area contributed by atoms with Crippen molar-refractivity contribution < 1.29 is 9.59 Å². The molecule has 0 N–H and O–H groups in total. The summed E-state index contributed by atoms with van der Waals surface area (Å²) in [6.45, 7) is 0. The van der Waals surface area contributed by atoms with E-state index in [0.717, 1.165) is 4.47 Å². The molecule has 0 atom stereocenters. The molecule has 0 saturated heterocycles. The number of carbonyl (C=O) groups excluding carboxylic acids is 2. The van der Waals surface area contributed by atoms with Gasteiger partial charge in [-0.05, 0) is 30.3 Å². The largest absolute Gasteiger partial charge is 0.304 e. The Morgan fingerprint density at radius 3 is 2.39 bits per heavy atom. The summed E-state index contributed by atoms with van der Waals surface area (Å²) in [7, 11) is 0. The topological polar surface area (TPSA) is 37.4 Å². The van der Waals surface area contributed by atoms with E-state index in [-0.39, 0.29) is 0 Å². The van der Waals surface area contributed by atoms with E-state index in [2.05, 4.69) is 15.9 Å². The molecular weight excluding hydrogens is 294 g/mol. The van der Waals surface area contributed by atoms with Crippen LogP contribution in [0.25, 0.3) is 0 Å². The molecule has 0 aliphatic carbocycles. The van der Waals surface area contributed by atoms with Gasteiger partial charge in [0.15, 0.2) is 0 Å². The van der Waals surface area contributed by atoms with Crippen molar-refractivity contribution in [3.05, 3.63) is 58.6 Å². The molecule has 1 amide bonds. The smallest absolute Gasteiger partial charge is 0.283 e. The fourth-order valence-electron chi connectivity index (χ4n) is 2.04. The average Bonchev–Trinajstić information content (AvgIpc) is 2.64. The van der Waals surface area contributed by atoms with Gasteiger partial charge in [0.1, 0.15) is 0 Å². The van der Waals surface area contributed by atoms with Crippen LogP contribution >= 0.6 is 15.9 Å². The highest BCUT2D eigenvalue weighted by atomic mass is 79.9. The number of hydrogen-bond donors (Lipinski definition) is 0. The highest BCUT2D eigenvalue weighted by Crippen LogP contribution is 2.36. The second kappa shape index (κ2) is 4.07. The van der Waals surface area contributed by atoms with Crippen molar-refractivity contribution >= 4 is 39.0 Å². The molecular formula is C14H8BrNO2. The Morgan fingerprint density at radius 2 is 1.67 bits per heavy atom. The van der Waals surface area contributed by atoms with Gasteiger partial charge in [-0.15, -0.1) is 0 Å². The molecule has 3 rings (SSSR count). The zero-order valence-electron chi connectivity index (χ0n) is 9.26.